The summed E-state index contributed by atoms with van der Waals surface area (Å²) in [7, 11) is 0. The van der Waals surface area contributed by atoms with Crippen LogP contribution in [0.15, 0.2) is 67.0 Å². The molecule has 0 aliphatic heterocycles. The number of anilines is 1. The van der Waals surface area contributed by atoms with Gasteiger partial charge in [0.15, 0.2) is 6.10 Å². The van der Waals surface area contributed by atoms with E-state index in [9.17, 15) is 9.59 Å². The van der Waals surface area contributed by atoms with Crippen LogP contribution in [0.25, 0.3) is 0 Å². The van der Waals surface area contributed by atoms with Crippen molar-refractivity contribution in [1.82, 2.24) is 10.3 Å². The van der Waals surface area contributed by atoms with Crippen molar-refractivity contribution in [2.24, 2.45) is 0 Å². The second kappa shape index (κ2) is 9.69. The van der Waals surface area contributed by atoms with Crippen molar-refractivity contribution in [2.75, 3.05) is 5.32 Å². The van der Waals surface area contributed by atoms with Crippen LogP contribution in [0.3, 0.4) is 0 Å². The molecule has 0 bridgehead atoms. The van der Waals surface area contributed by atoms with Gasteiger partial charge in [0.1, 0.15) is 5.75 Å². The average Bonchev–Trinajstić information content (AvgIpc) is 2.75. The molecule has 2 aromatic carbocycles. The van der Waals surface area contributed by atoms with Crippen LogP contribution in [0.2, 0.25) is 0 Å². The van der Waals surface area contributed by atoms with Crippen molar-refractivity contribution < 1.29 is 14.3 Å². The zero-order valence-corrected chi connectivity index (χ0v) is 17.3. The van der Waals surface area contributed by atoms with Gasteiger partial charge in [-0.2, -0.15) is 0 Å². The van der Waals surface area contributed by atoms with Crippen LogP contribution in [0.4, 0.5) is 5.69 Å². The third kappa shape index (κ3) is 5.44. The Morgan fingerprint density at radius 2 is 1.87 bits per heavy atom. The minimum atomic E-state index is -0.725. The van der Waals surface area contributed by atoms with Gasteiger partial charge in [0.2, 0.25) is 0 Å². The number of ether oxygens (including phenoxy) is 1. The Morgan fingerprint density at radius 1 is 1.07 bits per heavy atom. The van der Waals surface area contributed by atoms with Crippen LogP contribution in [-0.2, 0) is 11.3 Å². The summed E-state index contributed by atoms with van der Waals surface area (Å²) in [5.74, 6) is 0.0569. The van der Waals surface area contributed by atoms with Gasteiger partial charge in [0.25, 0.3) is 11.8 Å². The van der Waals surface area contributed by atoms with Gasteiger partial charge in [0.05, 0.1) is 11.3 Å². The predicted octanol–water partition coefficient (Wildman–Crippen LogP) is 4.03. The molecular formula is C24H25N3O3. The van der Waals surface area contributed by atoms with E-state index in [1.54, 1.807) is 43.6 Å². The van der Waals surface area contributed by atoms with Gasteiger partial charge in [-0.05, 0) is 61.7 Å². The van der Waals surface area contributed by atoms with Gasteiger partial charge in [-0.15, -0.1) is 0 Å². The smallest absolute Gasteiger partial charge is 0.265 e. The number of hydrogen-bond donors (Lipinski definition) is 2. The van der Waals surface area contributed by atoms with Crippen LogP contribution < -0.4 is 15.4 Å². The van der Waals surface area contributed by atoms with Gasteiger partial charge >= 0.3 is 0 Å². The fourth-order valence-corrected chi connectivity index (χ4v) is 2.88. The van der Waals surface area contributed by atoms with Gasteiger partial charge in [-0.1, -0.05) is 30.3 Å². The second-order valence-electron chi connectivity index (χ2n) is 7.11. The van der Waals surface area contributed by atoms with E-state index in [1.165, 1.54) is 0 Å². The number of carbonyl (C=O) groups is 2. The van der Waals surface area contributed by atoms with Gasteiger partial charge in [-0.3, -0.25) is 14.6 Å². The van der Waals surface area contributed by atoms with Crippen molar-refractivity contribution >= 4 is 17.5 Å². The van der Waals surface area contributed by atoms with Crippen LogP contribution >= 0.6 is 0 Å². The summed E-state index contributed by atoms with van der Waals surface area (Å²) < 4.78 is 5.85. The van der Waals surface area contributed by atoms with E-state index in [-0.39, 0.29) is 11.8 Å². The number of amides is 2. The standard InChI is InChI=1S/C24H25N3O3/c1-16-10-11-17(2)22(13-16)30-18(3)23(28)27-21-9-5-4-8-20(21)24(29)26-15-19-7-6-12-25-14-19/h4-14,18H,15H2,1-3H3,(H,26,29)(H,27,28). The third-order valence-electron chi connectivity index (χ3n) is 4.62. The highest BCUT2D eigenvalue weighted by atomic mass is 16.5. The minimum Gasteiger partial charge on any atom is -0.481 e. The van der Waals surface area contributed by atoms with Crippen molar-refractivity contribution in [2.45, 2.75) is 33.4 Å². The SMILES string of the molecule is Cc1ccc(C)c(OC(C)C(=O)Nc2ccccc2C(=O)NCc2cccnc2)c1. The Balaban J connectivity index is 1.66. The van der Waals surface area contributed by atoms with Crippen LogP contribution in [0.1, 0.15) is 34.0 Å². The second-order valence-corrected chi connectivity index (χ2v) is 7.11. The molecule has 0 radical (unpaired) electrons. The Hall–Kier alpha value is -3.67. The lowest BCUT2D eigenvalue weighted by molar-refractivity contribution is -0.122. The maximum Gasteiger partial charge on any atom is 0.265 e. The van der Waals surface area contributed by atoms with E-state index in [1.807, 2.05) is 44.2 Å². The number of benzene rings is 2. The number of aryl methyl sites for hydroxylation is 2. The highest BCUT2D eigenvalue weighted by Crippen LogP contribution is 2.21. The Labute approximate surface area is 176 Å². The fourth-order valence-electron chi connectivity index (χ4n) is 2.88. The Bertz CT molecular complexity index is 1030. The van der Waals surface area contributed by atoms with Crippen LogP contribution in [0.5, 0.6) is 5.75 Å². The molecule has 2 N–H and O–H groups in total. The molecule has 6 nitrogen and oxygen atoms in total. The van der Waals surface area contributed by atoms with E-state index < -0.39 is 6.10 Å². The molecule has 1 unspecified atom stereocenters. The first kappa shape index (κ1) is 21.0. The van der Waals surface area contributed by atoms with E-state index in [0.29, 0.717) is 23.5 Å². The fraction of sp³-hybridized carbons (Fsp3) is 0.208. The molecule has 0 spiro atoms. The van der Waals surface area contributed by atoms with Gasteiger partial charge < -0.3 is 15.4 Å². The quantitative estimate of drug-likeness (QED) is 0.624. The number of aromatic nitrogens is 1. The first-order chi connectivity index (χ1) is 14.4. The molecule has 1 heterocycles. The number of carbonyl (C=O) groups excluding carboxylic acids is 2. The number of nitrogens with one attached hydrogen (secondary N) is 2. The molecule has 30 heavy (non-hydrogen) atoms. The normalized spacial score (nSPS) is 11.4. The van der Waals surface area contributed by atoms with E-state index in [2.05, 4.69) is 15.6 Å². The van der Waals surface area contributed by atoms with Crippen LogP contribution in [-0.4, -0.2) is 22.9 Å². The summed E-state index contributed by atoms with van der Waals surface area (Å²) in [6.07, 6.45) is 2.65. The first-order valence-corrected chi connectivity index (χ1v) is 9.75. The maximum absolute atomic E-state index is 12.7. The van der Waals surface area contributed by atoms with Crippen molar-refractivity contribution in [3.8, 4) is 5.75 Å². The monoisotopic (exact) mass is 403 g/mol. The van der Waals surface area contributed by atoms with E-state index in [0.717, 1.165) is 16.7 Å². The highest BCUT2D eigenvalue weighted by molar-refractivity contribution is 6.04. The molecule has 0 saturated carbocycles. The number of pyridine rings is 1. The lowest BCUT2D eigenvalue weighted by atomic mass is 10.1. The van der Waals surface area contributed by atoms with E-state index >= 15 is 0 Å². The molecule has 0 aliphatic carbocycles. The average molecular weight is 403 g/mol. The van der Waals surface area contributed by atoms with Gasteiger partial charge in [0, 0.05) is 18.9 Å². The lowest BCUT2D eigenvalue weighted by Gasteiger charge is -2.18. The summed E-state index contributed by atoms with van der Waals surface area (Å²) in [6.45, 7) is 5.93. The minimum absolute atomic E-state index is 0.280. The summed E-state index contributed by atoms with van der Waals surface area (Å²) in [5, 5.41) is 5.66. The van der Waals surface area contributed by atoms with Crippen molar-refractivity contribution in [1.29, 1.82) is 0 Å². The number of rotatable bonds is 7. The molecule has 0 aliphatic rings. The molecule has 3 aromatic rings. The molecule has 0 saturated heterocycles. The van der Waals surface area contributed by atoms with Crippen molar-refractivity contribution in [3.63, 3.8) is 0 Å². The third-order valence-corrected chi connectivity index (χ3v) is 4.62. The molecule has 3 rings (SSSR count). The summed E-state index contributed by atoms with van der Waals surface area (Å²) in [6, 6.07) is 16.4. The number of nitrogens with zero attached hydrogens (tertiary/aromatic N) is 1. The molecule has 6 heteroatoms. The zero-order valence-electron chi connectivity index (χ0n) is 17.3. The first-order valence-electron chi connectivity index (χ1n) is 9.75. The highest BCUT2D eigenvalue weighted by Gasteiger charge is 2.19. The number of para-hydroxylation sites is 1. The molecular weight excluding hydrogens is 378 g/mol. The van der Waals surface area contributed by atoms with Gasteiger partial charge in [-0.25, -0.2) is 0 Å². The maximum atomic E-state index is 12.7. The molecule has 0 fully saturated rings. The number of hydrogen-bond acceptors (Lipinski definition) is 4. The molecule has 154 valence electrons. The summed E-state index contributed by atoms with van der Waals surface area (Å²) in [4.78, 5) is 29.4. The van der Waals surface area contributed by atoms with Crippen molar-refractivity contribution in [3.05, 3.63) is 89.2 Å². The Kier molecular flexibility index (Phi) is 6.80. The topological polar surface area (TPSA) is 80.3 Å². The predicted molar refractivity (Wildman–Crippen MR) is 116 cm³/mol. The Morgan fingerprint density at radius 3 is 2.63 bits per heavy atom. The summed E-state index contributed by atoms with van der Waals surface area (Å²) in [5.41, 5.74) is 3.72. The molecule has 1 aromatic heterocycles. The summed E-state index contributed by atoms with van der Waals surface area (Å²) >= 11 is 0. The lowest BCUT2D eigenvalue weighted by Crippen LogP contribution is -2.32. The molecule has 2 amide bonds. The zero-order chi connectivity index (χ0) is 21.5. The van der Waals surface area contributed by atoms with Crippen LogP contribution in [0, 0.1) is 13.8 Å². The largest absolute Gasteiger partial charge is 0.481 e. The molecule has 1 atom stereocenters. The van der Waals surface area contributed by atoms with E-state index in [4.69, 9.17) is 4.74 Å².